The molecule has 2 unspecified atom stereocenters. The zero-order valence-corrected chi connectivity index (χ0v) is 7.16. The van der Waals surface area contributed by atoms with E-state index in [0.29, 0.717) is 19.1 Å². The number of carboxylic acids is 1. The number of ether oxygens (including phenoxy) is 2. The molecule has 1 N–H and O–H groups in total. The molecule has 1 aliphatic heterocycles. The lowest BCUT2D eigenvalue weighted by molar-refractivity contribution is -0.149. The van der Waals surface area contributed by atoms with Crippen LogP contribution in [-0.2, 0) is 14.3 Å². The van der Waals surface area contributed by atoms with Crippen molar-refractivity contribution in [3.8, 4) is 0 Å². The molecule has 0 aliphatic carbocycles. The normalized spacial score (nSPS) is 25.6. The van der Waals surface area contributed by atoms with Crippen LogP contribution in [0.1, 0.15) is 13.3 Å². The highest BCUT2D eigenvalue weighted by atomic mass is 16.5. The minimum atomic E-state index is -0.908. The largest absolute Gasteiger partial charge is 0.479 e. The Balaban J connectivity index is 2.11. The van der Waals surface area contributed by atoms with Crippen LogP contribution >= 0.6 is 0 Å². The van der Waals surface area contributed by atoms with E-state index in [0.717, 1.165) is 13.0 Å². The molecule has 2 atom stereocenters. The maximum atomic E-state index is 10.3. The van der Waals surface area contributed by atoms with E-state index in [4.69, 9.17) is 14.6 Å². The molecule has 70 valence electrons. The van der Waals surface area contributed by atoms with E-state index in [1.165, 1.54) is 6.92 Å². The number of carboxylic acid groups (broad SMARTS) is 1. The maximum Gasteiger partial charge on any atom is 0.332 e. The van der Waals surface area contributed by atoms with Gasteiger partial charge in [0.05, 0.1) is 13.2 Å². The lowest BCUT2D eigenvalue weighted by Crippen LogP contribution is -2.23. The fraction of sp³-hybridized carbons (Fsp3) is 0.875. The van der Waals surface area contributed by atoms with Crippen molar-refractivity contribution < 1.29 is 19.4 Å². The van der Waals surface area contributed by atoms with E-state index >= 15 is 0 Å². The number of rotatable bonds is 4. The summed E-state index contributed by atoms with van der Waals surface area (Å²) in [5, 5.41) is 8.50. The lowest BCUT2D eigenvalue weighted by atomic mass is 10.1. The summed E-state index contributed by atoms with van der Waals surface area (Å²) in [7, 11) is 0. The minimum absolute atomic E-state index is 0.381. The summed E-state index contributed by atoms with van der Waals surface area (Å²) in [4.78, 5) is 10.3. The van der Waals surface area contributed by atoms with Gasteiger partial charge in [0, 0.05) is 12.5 Å². The fourth-order valence-electron chi connectivity index (χ4n) is 1.07. The second-order valence-corrected chi connectivity index (χ2v) is 3.04. The first-order valence-electron chi connectivity index (χ1n) is 4.12. The van der Waals surface area contributed by atoms with Crippen LogP contribution < -0.4 is 0 Å². The maximum absolute atomic E-state index is 10.3. The van der Waals surface area contributed by atoms with Gasteiger partial charge in [0.1, 0.15) is 0 Å². The molecule has 0 aromatic carbocycles. The van der Waals surface area contributed by atoms with Gasteiger partial charge in [-0.2, -0.15) is 0 Å². The Bertz CT molecular complexity index is 151. The lowest BCUT2D eigenvalue weighted by Gasteiger charge is -2.11. The molecule has 1 saturated heterocycles. The van der Waals surface area contributed by atoms with Crippen LogP contribution in [0.15, 0.2) is 0 Å². The summed E-state index contributed by atoms with van der Waals surface area (Å²) in [6.45, 7) is 3.51. The zero-order chi connectivity index (χ0) is 8.97. The Morgan fingerprint density at radius 3 is 3.08 bits per heavy atom. The summed E-state index contributed by atoms with van der Waals surface area (Å²) in [6, 6.07) is 0. The number of aliphatic carboxylic acids is 1. The monoisotopic (exact) mass is 174 g/mol. The van der Waals surface area contributed by atoms with E-state index in [-0.39, 0.29) is 0 Å². The molecule has 0 aromatic heterocycles. The molecule has 1 rings (SSSR count). The Morgan fingerprint density at radius 1 is 1.83 bits per heavy atom. The average molecular weight is 174 g/mol. The van der Waals surface area contributed by atoms with Gasteiger partial charge in [0.25, 0.3) is 0 Å². The Hall–Kier alpha value is -0.610. The van der Waals surface area contributed by atoms with Gasteiger partial charge < -0.3 is 14.6 Å². The van der Waals surface area contributed by atoms with Crippen LogP contribution in [0.2, 0.25) is 0 Å². The van der Waals surface area contributed by atoms with E-state index in [2.05, 4.69) is 0 Å². The van der Waals surface area contributed by atoms with Gasteiger partial charge in [-0.15, -0.1) is 0 Å². The van der Waals surface area contributed by atoms with Crippen molar-refractivity contribution >= 4 is 5.97 Å². The Morgan fingerprint density at radius 2 is 2.58 bits per heavy atom. The van der Waals surface area contributed by atoms with Gasteiger partial charge in [0.2, 0.25) is 0 Å². The average Bonchev–Trinajstić information content (AvgIpc) is 2.51. The summed E-state index contributed by atoms with van der Waals surface area (Å²) in [6.07, 6.45) is 0.275. The molecular formula is C8H14O4. The third-order valence-electron chi connectivity index (χ3n) is 1.95. The highest BCUT2D eigenvalue weighted by Gasteiger charge is 2.18. The quantitative estimate of drug-likeness (QED) is 0.674. The summed E-state index contributed by atoms with van der Waals surface area (Å²) >= 11 is 0. The van der Waals surface area contributed by atoms with Crippen LogP contribution in [0.4, 0.5) is 0 Å². The van der Waals surface area contributed by atoms with Gasteiger partial charge in [-0.05, 0) is 13.3 Å². The molecule has 0 amide bonds. The van der Waals surface area contributed by atoms with E-state index in [1.807, 2.05) is 0 Å². The summed E-state index contributed by atoms with van der Waals surface area (Å²) in [5.74, 6) is -0.527. The van der Waals surface area contributed by atoms with Gasteiger partial charge in [-0.1, -0.05) is 0 Å². The van der Waals surface area contributed by atoms with Gasteiger partial charge in [-0.3, -0.25) is 0 Å². The molecule has 1 heterocycles. The second kappa shape index (κ2) is 4.42. The highest BCUT2D eigenvalue weighted by Crippen LogP contribution is 2.12. The van der Waals surface area contributed by atoms with E-state index < -0.39 is 12.1 Å². The van der Waals surface area contributed by atoms with Gasteiger partial charge >= 0.3 is 5.97 Å². The van der Waals surface area contributed by atoms with Crippen molar-refractivity contribution in [1.29, 1.82) is 0 Å². The Kier molecular flexibility index (Phi) is 3.49. The van der Waals surface area contributed by atoms with Crippen LogP contribution in [0.5, 0.6) is 0 Å². The van der Waals surface area contributed by atoms with Crippen molar-refractivity contribution in [2.45, 2.75) is 19.4 Å². The number of hydrogen-bond acceptors (Lipinski definition) is 3. The third kappa shape index (κ3) is 2.79. The van der Waals surface area contributed by atoms with Gasteiger partial charge in [0.15, 0.2) is 6.10 Å². The summed E-state index contributed by atoms with van der Waals surface area (Å²) < 4.78 is 10.2. The van der Waals surface area contributed by atoms with Crippen molar-refractivity contribution in [3.05, 3.63) is 0 Å². The Labute approximate surface area is 71.5 Å². The zero-order valence-electron chi connectivity index (χ0n) is 7.16. The van der Waals surface area contributed by atoms with Gasteiger partial charge in [-0.25, -0.2) is 4.79 Å². The van der Waals surface area contributed by atoms with Crippen LogP contribution in [0.3, 0.4) is 0 Å². The predicted octanol–water partition coefficient (Wildman–Crippen LogP) is 0.513. The fourth-order valence-corrected chi connectivity index (χ4v) is 1.07. The molecule has 4 heteroatoms. The second-order valence-electron chi connectivity index (χ2n) is 3.04. The minimum Gasteiger partial charge on any atom is -0.479 e. The SMILES string of the molecule is CC(OCC1CCOC1)C(=O)O. The molecule has 12 heavy (non-hydrogen) atoms. The smallest absolute Gasteiger partial charge is 0.332 e. The molecular weight excluding hydrogens is 160 g/mol. The van der Waals surface area contributed by atoms with Crippen LogP contribution in [-0.4, -0.2) is 37.0 Å². The van der Waals surface area contributed by atoms with Crippen molar-refractivity contribution in [1.82, 2.24) is 0 Å². The van der Waals surface area contributed by atoms with Crippen molar-refractivity contribution in [3.63, 3.8) is 0 Å². The summed E-state index contributed by atoms with van der Waals surface area (Å²) in [5.41, 5.74) is 0. The van der Waals surface area contributed by atoms with E-state index in [1.54, 1.807) is 0 Å². The van der Waals surface area contributed by atoms with Crippen LogP contribution in [0.25, 0.3) is 0 Å². The molecule has 1 fully saturated rings. The number of hydrogen-bond donors (Lipinski definition) is 1. The molecule has 0 spiro atoms. The molecule has 4 nitrogen and oxygen atoms in total. The molecule has 0 bridgehead atoms. The van der Waals surface area contributed by atoms with E-state index in [9.17, 15) is 4.79 Å². The standard InChI is InChI=1S/C8H14O4/c1-6(8(9)10)12-5-7-2-3-11-4-7/h6-7H,2-5H2,1H3,(H,9,10). The topological polar surface area (TPSA) is 55.8 Å². The molecule has 0 radical (unpaired) electrons. The first-order valence-corrected chi connectivity index (χ1v) is 4.12. The number of carbonyl (C=O) groups is 1. The first kappa shape index (κ1) is 9.48. The molecule has 0 saturated carbocycles. The first-order chi connectivity index (χ1) is 5.70. The predicted molar refractivity (Wildman–Crippen MR) is 42.0 cm³/mol. The third-order valence-corrected chi connectivity index (χ3v) is 1.95. The highest BCUT2D eigenvalue weighted by molar-refractivity contribution is 5.71. The van der Waals surface area contributed by atoms with Crippen LogP contribution in [0, 0.1) is 5.92 Å². The van der Waals surface area contributed by atoms with Crippen molar-refractivity contribution in [2.75, 3.05) is 19.8 Å². The molecule has 0 aromatic rings. The molecule has 1 aliphatic rings. The van der Waals surface area contributed by atoms with Crippen molar-refractivity contribution in [2.24, 2.45) is 5.92 Å².